The molecule has 3 aromatic rings. The Balaban J connectivity index is 1.46. The molecule has 1 fully saturated rings. The van der Waals surface area contributed by atoms with Crippen LogP contribution in [0.3, 0.4) is 0 Å². The van der Waals surface area contributed by atoms with Crippen molar-refractivity contribution in [1.29, 1.82) is 0 Å². The number of halogens is 1. The first-order chi connectivity index (χ1) is 11.8. The van der Waals surface area contributed by atoms with Crippen LogP contribution in [0.4, 0.5) is 0 Å². The van der Waals surface area contributed by atoms with Crippen LogP contribution in [0.5, 0.6) is 0 Å². The van der Waals surface area contributed by atoms with Crippen molar-refractivity contribution in [2.24, 2.45) is 0 Å². The zero-order valence-corrected chi connectivity index (χ0v) is 14.4. The first-order valence-corrected chi connectivity index (χ1v) is 9.15. The van der Waals surface area contributed by atoms with Gasteiger partial charge in [0.2, 0.25) is 16.9 Å². The van der Waals surface area contributed by atoms with Crippen molar-refractivity contribution in [3.8, 4) is 11.5 Å². The van der Waals surface area contributed by atoms with Crippen LogP contribution in [0.2, 0.25) is 5.02 Å². The largest absolute Gasteiger partial charge is 0.420 e. The molecule has 0 radical (unpaired) electrons. The summed E-state index contributed by atoms with van der Waals surface area (Å²) in [6.07, 6.45) is 4.74. The summed E-state index contributed by atoms with van der Waals surface area (Å²) in [6, 6.07) is 7.81. The average molecular weight is 363 g/mol. The van der Waals surface area contributed by atoms with Gasteiger partial charge in [-0.25, -0.2) is 4.68 Å². The van der Waals surface area contributed by atoms with Crippen molar-refractivity contribution < 1.29 is 4.42 Å². The molecule has 1 aliphatic rings. The van der Waals surface area contributed by atoms with Gasteiger partial charge in [0, 0.05) is 0 Å². The number of aromatic nitrogens is 6. The third kappa shape index (κ3) is 3.16. The fourth-order valence-electron chi connectivity index (χ4n) is 2.84. The monoisotopic (exact) mass is 362 g/mol. The summed E-state index contributed by atoms with van der Waals surface area (Å²) in [4.78, 5) is 0. The van der Waals surface area contributed by atoms with Crippen molar-refractivity contribution in [2.75, 3.05) is 0 Å². The highest BCUT2D eigenvalue weighted by Gasteiger charge is 2.22. The molecule has 0 aliphatic heterocycles. The smallest absolute Gasteiger partial charge is 0.249 e. The fraction of sp³-hybridized carbons (Fsp3) is 0.400. The van der Waals surface area contributed by atoms with Gasteiger partial charge in [-0.15, -0.1) is 15.3 Å². The molecule has 0 spiro atoms. The maximum absolute atomic E-state index is 6.16. The summed E-state index contributed by atoms with van der Waals surface area (Å²) in [6.45, 7) is 0. The van der Waals surface area contributed by atoms with Crippen LogP contribution < -0.4 is 0 Å². The van der Waals surface area contributed by atoms with E-state index in [2.05, 4.69) is 25.7 Å². The Kier molecular flexibility index (Phi) is 4.48. The van der Waals surface area contributed by atoms with Crippen LogP contribution in [0, 0.1) is 0 Å². The number of nitrogens with zero attached hydrogens (tertiary/aromatic N) is 6. The maximum Gasteiger partial charge on any atom is 0.249 e. The molecular weight excluding hydrogens is 348 g/mol. The topological polar surface area (TPSA) is 82.5 Å². The molecule has 1 aliphatic carbocycles. The van der Waals surface area contributed by atoms with Crippen molar-refractivity contribution >= 4 is 23.4 Å². The van der Waals surface area contributed by atoms with E-state index in [1.165, 1.54) is 24.6 Å². The van der Waals surface area contributed by atoms with Gasteiger partial charge in [-0.1, -0.05) is 48.3 Å². The molecule has 0 N–H and O–H groups in total. The van der Waals surface area contributed by atoms with Crippen LogP contribution in [-0.4, -0.2) is 30.4 Å². The number of rotatable bonds is 5. The van der Waals surface area contributed by atoms with Crippen LogP contribution in [-0.2, 0) is 5.75 Å². The van der Waals surface area contributed by atoms with E-state index < -0.39 is 0 Å². The highest BCUT2D eigenvalue weighted by atomic mass is 35.5. The Morgan fingerprint density at radius 2 is 2.00 bits per heavy atom. The molecule has 0 unspecified atom stereocenters. The first-order valence-electron chi connectivity index (χ1n) is 7.79. The average Bonchev–Trinajstić information content (AvgIpc) is 3.34. The van der Waals surface area contributed by atoms with Crippen LogP contribution in [0.1, 0.15) is 37.6 Å². The van der Waals surface area contributed by atoms with E-state index >= 15 is 0 Å². The Bertz CT molecular complexity index is 829. The zero-order chi connectivity index (χ0) is 16.4. The molecule has 0 atom stereocenters. The van der Waals surface area contributed by atoms with Gasteiger partial charge in [0.25, 0.3) is 0 Å². The second-order valence-corrected chi connectivity index (χ2v) is 6.96. The lowest BCUT2D eigenvalue weighted by atomic mass is 10.2. The first kappa shape index (κ1) is 15.6. The van der Waals surface area contributed by atoms with Gasteiger partial charge in [0.15, 0.2) is 0 Å². The number of tetrazole rings is 1. The lowest BCUT2D eigenvalue weighted by Gasteiger charge is -2.09. The molecule has 2 aromatic heterocycles. The predicted molar refractivity (Wildman–Crippen MR) is 89.6 cm³/mol. The van der Waals surface area contributed by atoms with E-state index in [-0.39, 0.29) is 0 Å². The highest BCUT2D eigenvalue weighted by molar-refractivity contribution is 7.98. The van der Waals surface area contributed by atoms with Gasteiger partial charge >= 0.3 is 0 Å². The molecule has 1 saturated carbocycles. The van der Waals surface area contributed by atoms with Crippen LogP contribution >= 0.6 is 23.4 Å². The molecule has 0 amide bonds. The minimum absolute atomic E-state index is 0.406. The molecule has 124 valence electrons. The zero-order valence-electron chi connectivity index (χ0n) is 12.8. The molecule has 9 heteroatoms. The normalized spacial score (nSPS) is 15.2. The van der Waals surface area contributed by atoms with Gasteiger partial charge in [-0.2, -0.15) is 0 Å². The second kappa shape index (κ2) is 6.90. The van der Waals surface area contributed by atoms with E-state index in [1.54, 1.807) is 6.07 Å². The minimum atomic E-state index is 0.406. The summed E-state index contributed by atoms with van der Waals surface area (Å²) in [7, 11) is 0. The van der Waals surface area contributed by atoms with Gasteiger partial charge in [-0.3, -0.25) is 0 Å². The maximum atomic E-state index is 6.16. The third-order valence-corrected chi connectivity index (χ3v) is 5.28. The fourth-order valence-corrected chi connectivity index (χ4v) is 3.84. The molecule has 0 bridgehead atoms. The van der Waals surface area contributed by atoms with Crippen molar-refractivity contribution in [3.05, 3.63) is 35.2 Å². The lowest BCUT2D eigenvalue weighted by Crippen LogP contribution is -2.08. The van der Waals surface area contributed by atoms with Crippen LogP contribution in [0.25, 0.3) is 11.5 Å². The Labute approximate surface area is 147 Å². The molecule has 0 saturated heterocycles. The standard InChI is InChI=1S/C15H15ClN6OS/c16-12-8-4-3-7-11(12)14-18-17-13(23-14)9-24-15-19-20-21-22(15)10-5-1-2-6-10/h3-4,7-8,10H,1-2,5-6,9H2. The van der Waals surface area contributed by atoms with Crippen LogP contribution in [0.15, 0.2) is 33.8 Å². The third-order valence-electron chi connectivity index (χ3n) is 4.03. The van der Waals surface area contributed by atoms with E-state index in [0.717, 1.165) is 23.6 Å². The molecular formula is C15H15ClN6OS. The van der Waals surface area contributed by atoms with Gasteiger partial charge in [-0.05, 0) is 35.4 Å². The van der Waals surface area contributed by atoms with Gasteiger partial charge in [0.1, 0.15) is 0 Å². The minimum Gasteiger partial charge on any atom is -0.420 e. The van der Waals surface area contributed by atoms with Crippen molar-refractivity contribution in [1.82, 2.24) is 30.4 Å². The van der Waals surface area contributed by atoms with Crippen molar-refractivity contribution in [3.63, 3.8) is 0 Å². The van der Waals surface area contributed by atoms with E-state index in [1.807, 2.05) is 22.9 Å². The molecule has 24 heavy (non-hydrogen) atoms. The SMILES string of the molecule is Clc1ccccc1-c1nnc(CSc2nnnn2C2CCCC2)o1. The molecule has 7 nitrogen and oxygen atoms in total. The van der Waals surface area contributed by atoms with Crippen molar-refractivity contribution in [2.45, 2.75) is 42.6 Å². The van der Waals surface area contributed by atoms with Gasteiger partial charge in [0.05, 0.1) is 22.4 Å². The summed E-state index contributed by atoms with van der Waals surface area (Å²) >= 11 is 7.66. The quantitative estimate of drug-likeness (QED) is 0.638. The molecule has 2 heterocycles. The number of hydrogen-bond acceptors (Lipinski definition) is 7. The molecule has 4 rings (SSSR count). The highest BCUT2D eigenvalue weighted by Crippen LogP contribution is 2.32. The van der Waals surface area contributed by atoms with E-state index in [4.69, 9.17) is 16.0 Å². The molecule has 1 aromatic carbocycles. The Morgan fingerprint density at radius 1 is 1.17 bits per heavy atom. The van der Waals surface area contributed by atoms with E-state index in [9.17, 15) is 0 Å². The predicted octanol–water partition coefficient (Wildman–Crippen LogP) is 3.78. The summed E-state index contributed by atoms with van der Waals surface area (Å²) < 4.78 is 7.63. The van der Waals surface area contributed by atoms with Gasteiger partial charge < -0.3 is 4.42 Å². The Hall–Kier alpha value is -1.93. The number of benzene rings is 1. The summed E-state index contributed by atoms with van der Waals surface area (Å²) in [5, 5.41) is 21.6. The summed E-state index contributed by atoms with van der Waals surface area (Å²) in [5.41, 5.74) is 0.735. The van der Waals surface area contributed by atoms with E-state index in [0.29, 0.717) is 28.6 Å². The lowest BCUT2D eigenvalue weighted by molar-refractivity contribution is 0.422. The number of hydrogen-bond donors (Lipinski definition) is 0. The number of thioether (sulfide) groups is 1. The second-order valence-electron chi connectivity index (χ2n) is 5.61. The summed E-state index contributed by atoms with van der Waals surface area (Å²) in [5.74, 6) is 1.47. The Morgan fingerprint density at radius 3 is 2.83 bits per heavy atom.